The monoisotopic (exact) mass is 282 g/mol. The summed E-state index contributed by atoms with van der Waals surface area (Å²) in [6.45, 7) is 4.14. The maximum atomic E-state index is 12.0. The number of nitrogens with one attached hydrogen (secondary N) is 1. The fourth-order valence-electron chi connectivity index (χ4n) is 1.69. The second-order valence-electron chi connectivity index (χ2n) is 4.80. The first-order chi connectivity index (χ1) is 8.90. The Morgan fingerprint density at radius 2 is 1.89 bits per heavy atom. The van der Waals surface area contributed by atoms with E-state index in [1.165, 1.54) is 0 Å². The summed E-state index contributed by atoms with van der Waals surface area (Å²) in [5.74, 6) is -0.185. The van der Waals surface area contributed by atoms with Gasteiger partial charge in [0.2, 0.25) is 5.91 Å². The number of carbonyl (C=O) groups excluding carboxylic acids is 2. The van der Waals surface area contributed by atoms with Crippen LogP contribution >= 0.6 is 11.6 Å². The van der Waals surface area contributed by atoms with Crippen molar-refractivity contribution >= 4 is 23.3 Å². The van der Waals surface area contributed by atoms with Crippen LogP contribution in [-0.4, -0.2) is 42.8 Å². The van der Waals surface area contributed by atoms with Crippen LogP contribution in [0.2, 0.25) is 5.02 Å². The van der Waals surface area contributed by atoms with Crippen molar-refractivity contribution in [1.29, 1.82) is 0 Å². The zero-order valence-electron chi connectivity index (χ0n) is 11.4. The van der Waals surface area contributed by atoms with Crippen LogP contribution in [-0.2, 0) is 4.79 Å². The van der Waals surface area contributed by atoms with Gasteiger partial charge in [0.15, 0.2) is 5.78 Å². The highest BCUT2D eigenvalue weighted by atomic mass is 35.5. The molecule has 4 nitrogen and oxygen atoms in total. The van der Waals surface area contributed by atoms with Crippen LogP contribution in [0.4, 0.5) is 0 Å². The molecule has 0 atom stereocenters. The summed E-state index contributed by atoms with van der Waals surface area (Å²) in [6.07, 6.45) is 0. The summed E-state index contributed by atoms with van der Waals surface area (Å²) in [4.78, 5) is 25.3. The van der Waals surface area contributed by atoms with Gasteiger partial charge >= 0.3 is 0 Å². The number of nitrogens with zero attached hydrogens (tertiary/aromatic N) is 1. The minimum atomic E-state index is -0.0931. The van der Waals surface area contributed by atoms with Gasteiger partial charge in [-0.05, 0) is 33.0 Å². The van der Waals surface area contributed by atoms with Crippen LogP contribution in [0.15, 0.2) is 24.3 Å². The summed E-state index contributed by atoms with van der Waals surface area (Å²) in [7, 11) is 1.73. The molecular weight excluding hydrogens is 264 g/mol. The number of amides is 1. The van der Waals surface area contributed by atoms with Crippen LogP contribution in [0.25, 0.3) is 0 Å². The number of benzene rings is 1. The van der Waals surface area contributed by atoms with Crippen molar-refractivity contribution in [3.63, 3.8) is 0 Å². The van der Waals surface area contributed by atoms with Gasteiger partial charge in [0.25, 0.3) is 0 Å². The van der Waals surface area contributed by atoms with Gasteiger partial charge in [-0.2, -0.15) is 0 Å². The van der Waals surface area contributed by atoms with Crippen molar-refractivity contribution in [2.45, 2.75) is 19.9 Å². The van der Waals surface area contributed by atoms with Crippen molar-refractivity contribution in [1.82, 2.24) is 10.2 Å². The van der Waals surface area contributed by atoms with E-state index in [0.29, 0.717) is 10.6 Å². The molecule has 1 aromatic carbocycles. The lowest BCUT2D eigenvalue weighted by molar-refractivity contribution is -0.122. The van der Waals surface area contributed by atoms with E-state index in [2.05, 4.69) is 5.32 Å². The Hall–Kier alpha value is -1.39. The summed E-state index contributed by atoms with van der Waals surface area (Å²) in [5, 5.41) is 3.22. The molecular formula is C14H19ClN2O2. The molecule has 0 saturated carbocycles. The van der Waals surface area contributed by atoms with E-state index in [-0.39, 0.29) is 30.8 Å². The summed E-state index contributed by atoms with van der Waals surface area (Å²) in [6, 6.07) is 7.01. The minimum Gasteiger partial charge on any atom is -0.353 e. The fourth-order valence-corrected chi connectivity index (χ4v) is 1.93. The number of rotatable bonds is 6. The third kappa shape index (κ3) is 5.41. The number of likely N-dealkylation sites (N-methyl/N-ethyl adjacent to an activating group) is 1. The number of carbonyl (C=O) groups is 2. The lowest BCUT2D eigenvalue weighted by Crippen LogP contribution is -2.40. The van der Waals surface area contributed by atoms with Crippen LogP contribution in [0.1, 0.15) is 24.2 Å². The van der Waals surface area contributed by atoms with Crippen LogP contribution < -0.4 is 5.32 Å². The molecule has 1 aromatic rings. The van der Waals surface area contributed by atoms with Gasteiger partial charge in [-0.25, -0.2) is 0 Å². The Morgan fingerprint density at radius 3 is 2.47 bits per heavy atom. The fraction of sp³-hybridized carbons (Fsp3) is 0.429. The SMILES string of the molecule is CC(C)NC(=O)CN(C)CC(=O)c1ccccc1Cl. The van der Waals surface area contributed by atoms with Crippen molar-refractivity contribution < 1.29 is 9.59 Å². The van der Waals surface area contributed by atoms with E-state index in [9.17, 15) is 9.59 Å². The highest BCUT2D eigenvalue weighted by molar-refractivity contribution is 6.34. The number of ketones is 1. The standard InChI is InChI=1S/C14H19ClN2O2/c1-10(2)16-14(19)9-17(3)8-13(18)11-6-4-5-7-12(11)15/h4-7,10H,8-9H2,1-3H3,(H,16,19). The smallest absolute Gasteiger partial charge is 0.234 e. The molecule has 1 rings (SSSR count). The molecule has 1 N–H and O–H groups in total. The molecule has 0 radical (unpaired) electrons. The zero-order valence-corrected chi connectivity index (χ0v) is 12.2. The quantitative estimate of drug-likeness (QED) is 0.812. The van der Waals surface area contributed by atoms with E-state index in [1.54, 1.807) is 36.2 Å². The predicted molar refractivity (Wildman–Crippen MR) is 76.6 cm³/mol. The molecule has 0 unspecified atom stereocenters. The van der Waals surface area contributed by atoms with Gasteiger partial charge in [-0.15, -0.1) is 0 Å². The molecule has 0 saturated heterocycles. The maximum Gasteiger partial charge on any atom is 0.234 e. The molecule has 1 amide bonds. The van der Waals surface area contributed by atoms with Crippen molar-refractivity contribution in [3.05, 3.63) is 34.9 Å². The first-order valence-electron chi connectivity index (χ1n) is 6.15. The van der Waals surface area contributed by atoms with E-state index >= 15 is 0 Å². The topological polar surface area (TPSA) is 49.4 Å². The van der Waals surface area contributed by atoms with Gasteiger partial charge in [-0.3, -0.25) is 14.5 Å². The Labute approximate surface area is 118 Å². The summed E-state index contributed by atoms with van der Waals surface area (Å²) >= 11 is 5.96. The summed E-state index contributed by atoms with van der Waals surface area (Å²) < 4.78 is 0. The van der Waals surface area contributed by atoms with E-state index in [4.69, 9.17) is 11.6 Å². The second kappa shape index (κ2) is 7.26. The Balaban J connectivity index is 2.53. The predicted octanol–water partition coefficient (Wildman–Crippen LogP) is 1.98. The Bertz CT molecular complexity index is 461. The molecule has 0 aliphatic rings. The molecule has 5 heteroatoms. The molecule has 0 aliphatic heterocycles. The van der Waals surface area contributed by atoms with Crippen LogP contribution in [0, 0.1) is 0 Å². The number of hydrogen-bond acceptors (Lipinski definition) is 3. The van der Waals surface area contributed by atoms with Crippen LogP contribution in [0.3, 0.4) is 0 Å². The average molecular weight is 283 g/mol. The molecule has 0 aliphatic carbocycles. The van der Waals surface area contributed by atoms with E-state index in [1.807, 2.05) is 13.8 Å². The zero-order chi connectivity index (χ0) is 14.4. The molecule has 0 fully saturated rings. The first kappa shape index (κ1) is 15.7. The average Bonchev–Trinajstić information content (AvgIpc) is 2.27. The van der Waals surface area contributed by atoms with Gasteiger partial charge in [0.05, 0.1) is 18.1 Å². The van der Waals surface area contributed by atoms with Gasteiger partial charge in [-0.1, -0.05) is 23.7 Å². The van der Waals surface area contributed by atoms with Gasteiger partial charge in [0.1, 0.15) is 0 Å². The summed E-state index contributed by atoms with van der Waals surface area (Å²) in [5.41, 5.74) is 0.486. The molecule has 0 bridgehead atoms. The molecule has 0 heterocycles. The number of halogens is 1. The highest BCUT2D eigenvalue weighted by Crippen LogP contribution is 2.15. The minimum absolute atomic E-state index is 0.0922. The number of hydrogen-bond donors (Lipinski definition) is 1. The third-order valence-corrected chi connectivity index (χ3v) is 2.78. The van der Waals surface area contributed by atoms with E-state index in [0.717, 1.165) is 0 Å². The lowest BCUT2D eigenvalue weighted by Gasteiger charge is -2.17. The number of Topliss-reactive ketones (excluding diaryl/α,β-unsaturated/α-hetero) is 1. The largest absolute Gasteiger partial charge is 0.353 e. The molecule has 19 heavy (non-hydrogen) atoms. The molecule has 104 valence electrons. The Morgan fingerprint density at radius 1 is 1.26 bits per heavy atom. The molecule has 0 spiro atoms. The highest BCUT2D eigenvalue weighted by Gasteiger charge is 2.14. The Kier molecular flexibility index (Phi) is 5.99. The molecule has 0 aromatic heterocycles. The van der Waals surface area contributed by atoms with Gasteiger partial charge in [0, 0.05) is 11.6 Å². The van der Waals surface area contributed by atoms with Crippen molar-refractivity contribution in [2.75, 3.05) is 20.1 Å². The van der Waals surface area contributed by atoms with Gasteiger partial charge < -0.3 is 5.32 Å². The second-order valence-corrected chi connectivity index (χ2v) is 5.20. The first-order valence-corrected chi connectivity index (χ1v) is 6.53. The third-order valence-electron chi connectivity index (χ3n) is 2.45. The lowest BCUT2D eigenvalue weighted by atomic mass is 10.1. The van der Waals surface area contributed by atoms with Crippen molar-refractivity contribution in [3.8, 4) is 0 Å². The van der Waals surface area contributed by atoms with Crippen molar-refractivity contribution in [2.24, 2.45) is 0 Å². The normalized spacial score (nSPS) is 10.8. The van der Waals surface area contributed by atoms with Crippen LogP contribution in [0.5, 0.6) is 0 Å². The van der Waals surface area contributed by atoms with E-state index < -0.39 is 0 Å². The maximum absolute atomic E-state index is 12.0.